The van der Waals surface area contributed by atoms with Crippen LogP contribution in [-0.4, -0.2) is 0 Å². The molecule has 0 saturated heterocycles. The maximum absolute atomic E-state index is 2.39. The Morgan fingerprint density at radius 1 is 0.429 bits per heavy atom. The van der Waals surface area contributed by atoms with Gasteiger partial charge in [0, 0.05) is 20.2 Å². The Hall–Kier alpha value is -4.72. The molecule has 0 aliphatic rings. The molecule has 0 unspecified atom stereocenters. The summed E-state index contributed by atoms with van der Waals surface area (Å²) in [5.74, 6) is 0. The first-order valence-corrected chi connectivity index (χ1v) is 15.4. The molecule has 8 aromatic rings. The van der Waals surface area contributed by atoms with Crippen LogP contribution in [0.3, 0.4) is 0 Å². The zero-order valence-corrected chi connectivity index (χ0v) is 24.8. The third-order valence-corrected chi connectivity index (χ3v) is 9.96. The summed E-state index contributed by atoms with van der Waals surface area (Å²) < 4.78 is 2.70. The lowest BCUT2D eigenvalue weighted by Gasteiger charge is -2.15. The van der Waals surface area contributed by atoms with Gasteiger partial charge in [-0.1, -0.05) is 115 Å². The average molecular weight is 555 g/mol. The second-order valence-electron chi connectivity index (χ2n) is 11.5. The van der Waals surface area contributed by atoms with E-state index in [1.807, 2.05) is 11.3 Å². The number of hydrogen-bond donors (Lipinski definition) is 0. The quantitative estimate of drug-likeness (QED) is 0.191. The third-order valence-electron chi connectivity index (χ3n) is 8.74. The van der Waals surface area contributed by atoms with Gasteiger partial charge in [0.25, 0.3) is 0 Å². The van der Waals surface area contributed by atoms with E-state index in [2.05, 4.69) is 148 Å². The van der Waals surface area contributed by atoms with E-state index in [1.54, 1.807) is 0 Å². The molecule has 1 heterocycles. The minimum absolute atomic E-state index is 1.25. The van der Waals surface area contributed by atoms with E-state index in [4.69, 9.17) is 0 Å². The summed E-state index contributed by atoms with van der Waals surface area (Å²) in [5.41, 5.74) is 11.7. The van der Waals surface area contributed by atoms with Gasteiger partial charge in [-0.25, -0.2) is 0 Å². The molecule has 0 spiro atoms. The zero-order valence-electron chi connectivity index (χ0n) is 24.0. The van der Waals surface area contributed by atoms with Crippen LogP contribution in [0, 0.1) is 20.8 Å². The van der Waals surface area contributed by atoms with Crippen LogP contribution in [0.2, 0.25) is 0 Å². The molecule has 0 fully saturated rings. The molecular formula is C41H30S. The first kappa shape index (κ1) is 25.0. The van der Waals surface area contributed by atoms with Crippen molar-refractivity contribution in [2.45, 2.75) is 20.8 Å². The smallest absolute Gasteiger partial charge is 0.0433 e. The van der Waals surface area contributed by atoms with E-state index < -0.39 is 0 Å². The molecular weight excluding hydrogens is 525 g/mol. The van der Waals surface area contributed by atoms with Gasteiger partial charge in [0.15, 0.2) is 0 Å². The molecule has 0 atom stereocenters. The maximum Gasteiger partial charge on any atom is 0.0433 e. The molecule has 1 heteroatoms. The second kappa shape index (κ2) is 9.69. The molecule has 0 nitrogen and oxygen atoms in total. The first-order chi connectivity index (χ1) is 20.5. The van der Waals surface area contributed by atoms with E-state index in [9.17, 15) is 0 Å². The Kier molecular flexibility index (Phi) is 5.77. The van der Waals surface area contributed by atoms with Crippen molar-refractivity contribution in [3.63, 3.8) is 0 Å². The molecule has 1 aromatic heterocycles. The lowest BCUT2D eigenvalue weighted by molar-refractivity contribution is 1.32. The van der Waals surface area contributed by atoms with Crippen molar-refractivity contribution in [1.29, 1.82) is 0 Å². The predicted molar refractivity (Wildman–Crippen MR) is 185 cm³/mol. The Morgan fingerprint density at radius 2 is 1.05 bits per heavy atom. The largest absolute Gasteiger partial charge is 0.135 e. The van der Waals surface area contributed by atoms with Crippen LogP contribution in [0.1, 0.15) is 16.7 Å². The fraction of sp³-hybridized carbons (Fsp3) is 0.0732. The van der Waals surface area contributed by atoms with E-state index in [0.717, 1.165) is 0 Å². The van der Waals surface area contributed by atoms with Crippen molar-refractivity contribution < 1.29 is 0 Å². The van der Waals surface area contributed by atoms with Crippen LogP contribution >= 0.6 is 11.3 Å². The van der Waals surface area contributed by atoms with Crippen molar-refractivity contribution in [2.75, 3.05) is 0 Å². The fourth-order valence-electron chi connectivity index (χ4n) is 6.94. The number of hydrogen-bond acceptors (Lipinski definition) is 1. The summed E-state index contributed by atoms with van der Waals surface area (Å²) in [5, 5.41) is 7.85. The Balaban J connectivity index is 1.26. The minimum Gasteiger partial charge on any atom is -0.135 e. The number of benzene rings is 7. The highest BCUT2D eigenvalue weighted by atomic mass is 32.1. The van der Waals surface area contributed by atoms with E-state index in [1.165, 1.54) is 91.8 Å². The van der Waals surface area contributed by atoms with Gasteiger partial charge in [-0.15, -0.1) is 11.3 Å². The maximum atomic E-state index is 2.39. The molecule has 0 radical (unpaired) electrons. The summed E-state index contributed by atoms with van der Waals surface area (Å²) in [6, 6.07) is 47.4. The normalized spacial score (nSPS) is 11.7. The number of rotatable bonds is 3. The van der Waals surface area contributed by atoms with Crippen molar-refractivity contribution in [1.82, 2.24) is 0 Å². The molecule has 8 rings (SSSR count). The van der Waals surface area contributed by atoms with Gasteiger partial charge in [-0.3, -0.25) is 0 Å². The Bertz CT molecular complexity index is 2290. The van der Waals surface area contributed by atoms with Crippen molar-refractivity contribution in [3.8, 4) is 33.4 Å². The lowest BCUT2D eigenvalue weighted by Crippen LogP contribution is -1.91. The molecule has 0 bridgehead atoms. The van der Waals surface area contributed by atoms with Gasteiger partial charge in [-0.05, 0) is 105 Å². The summed E-state index contributed by atoms with van der Waals surface area (Å²) in [6.45, 7) is 6.63. The molecule has 200 valence electrons. The fourth-order valence-corrected chi connectivity index (χ4v) is 8.17. The molecule has 0 amide bonds. The van der Waals surface area contributed by atoms with Gasteiger partial charge in [0.1, 0.15) is 0 Å². The molecule has 0 aliphatic heterocycles. The number of fused-ring (bicyclic) bond motifs is 6. The predicted octanol–water partition coefficient (Wildman–Crippen LogP) is 12.3. The highest BCUT2D eigenvalue weighted by Crippen LogP contribution is 2.42. The van der Waals surface area contributed by atoms with Crippen LogP contribution in [0.25, 0.3) is 75.1 Å². The van der Waals surface area contributed by atoms with Crippen LogP contribution in [0.15, 0.2) is 127 Å². The zero-order chi connectivity index (χ0) is 28.4. The number of thiophene rings is 1. The van der Waals surface area contributed by atoms with Crippen molar-refractivity contribution in [3.05, 3.63) is 144 Å². The van der Waals surface area contributed by atoms with Gasteiger partial charge in [0.2, 0.25) is 0 Å². The van der Waals surface area contributed by atoms with Crippen LogP contribution in [0.5, 0.6) is 0 Å². The molecule has 0 aliphatic carbocycles. The highest BCUT2D eigenvalue weighted by Gasteiger charge is 2.14. The minimum atomic E-state index is 1.25. The molecule has 0 N–H and O–H groups in total. The molecule has 0 saturated carbocycles. The highest BCUT2D eigenvalue weighted by molar-refractivity contribution is 7.26. The molecule has 42 heavy (non-hydrogen) atoms. The topological polar surface area (TPSA) is 0 Å². The van der Waals surface area contributed by atoms with E-state index in [-0.39, 0.29) is 0 Å². The van der Waals surface area contributed by atoms with Crippen LogP contribution < -0.4 is 0 Å². The first-order valence-electron chi connectivity index (χ1n) is 14.6. The van der Waals surface area contributed by atoms with Crippen molar-refractivity contribution in [2.24, 2.45) is 0 Å². The Morgan fingerprint density at radius 3 is 1.81 bits per heavy atom. The monoisotopic (exact) mass is 554 g/mol. The summed E-state index contributed by atoms with van der Waals surface area (Å²) >= 11 is 1.89. The van der Waals surface area contributed by atoms with Crippen LogP contribution in [0.4, 0.5) is 0 Å². The van der Waals surface area contributed by atoms with Gasteiger partial charge in [-0.2, -0.15) is 0 Å². The van der Waals surface area contributed by atoms with Crippen molar-refractivity contribution >= 4 is 53.1 Å². The number of aryl methyl sites for hydroxylation is 3. The van der Waals surface area contributed by atoms with Gasteiger partial charge in [0.05, 0.1) is 0 Å². The second-order valence-corrected chi connectivity index (χ2v) is 12.6. The lowest BCUT2D eigenvalue weighted by atomic mass is 9.89. The van der Waals surface area contributed by atoms with Gasteiger partial charge < -0.3 is 0 Å². The SMILES string of the molecule is Cc1cc(C)c(-c2ccc3cc(-c4ccc(-c5cccc6c5sc5ccccc56)cc4)c4ccccc4c3c2)c(C)c1. The Labute approximate surface area is 250 Å². The summed E-state index contributed by atoms with van der Waals surface area (Å²) in [4.78, 5) is 0. The van der Waals surface area contributed by atoms with Crippen LogP contribution in [-0.2, 0) is 0 Å². The summed E-state index contributed by atoms with van der Waals surface area (Å²) in [7, 11) is 0. The van der Waals surface area contributed by atoms with Gasteiger partial charge >= 0.3 is 0 Å². The average Bonchev–Trinajstić information content (AvgIpc) is 3.39. The standard InChI is InChI=1S/C41H30S/c1-25-21-26(2)40(27(3)22-25)31-20-19-30-23-37(33-9-4-5-10-34(33)38(30)24-31)29-17-15-28(16-18-29)32-12-8-13-36-35-11-6-7-14-39(35)42-41(32)36/h4-24H,1-3H3. The van der Waals surface area contributed by atoms with E-state index in [0.29, 0.717) is 0 Å². The van der Waals surface area contributed by atoms with E-state index >= 15 is 0 Å². The summed E-state index contributed by atoms with van der Waals surface area (Å²) in [6.07, 6.45) is 0. The molecule has 7 aromatic carbocycles. The third kappa shape index (κ3) is 3.96.